The van der Waals surface area contributed by atoms with Gasteiger partial charge >= 0.3 is 7.75 Å². The summed E-state index contributed by atoms with van der Waals surface area (Å²) in [5.41, 5.74) is 3.83. The molecule has 4 aliphatic carbocycles. The molecule has 0 saturated heterocycles. The van der Waals surface area contributed by atoms with E-state index in [4.69, 9.17) is 9.05 Å². The number of nitrogens with one attached hydrogen (secondary N) is 2. The summed E-state index contributed by atoms with van der Waals surface area (Å²) in [6, 6.07) is 18.8. The molecule has 5 nitrogen and oxygen atoms in total. The van der Waals surface area contributed by atoms with Crippen LogP contribution in [0, 0.1) is 23.7 Å². The van der Waals surface area contributed by atoms with Crippen LogP contribution >= 0.6 is 7.75 Å². The summed E-state index contributed by atoms with van der Waals surface area (Å²) in [5.74, 6) is 3.22. The van der Waals surface area contributed by atoms with Gasteiger partial charge in [-0.05, 0) is 80.0 Å². The van der Waals surface area contributed by atoms with Gasteiger partial charge in [0.15, 0.2) is 0 Å². The van der Waals surface area contributed by atoms with Crippen LogP contribution in [0.2, 0.25) is 0 Å². The van der Waals surface area contributed by atoms with E-state index in [1.54, 1.807) is 12.1 Å². The van der Waals surface area contributed by atoms with Crippen LogP contribution in [-0.2, 0) is 9.09 Å². The van der Waals surface area contributed by atoms with Crippen LogP contribution in [0.15, 0.2) is 60.7 Å². The summed E-state index contributed by atoms with van der Waals surface area (Å²) in [4.78, 5) is 0. The first-order valence-electron chi connectivity index (χ1n) is 10.3. The quantitative estimate of drug-likeness (QED) is 0.467. The summed E-state index contributed by atoms with van der Waals surface area (Å²) < 4.78 is 25.9. The second kappa shape index (κ2) is 7.55. The molecule has 2 aromatic carbocycles. The Labute approximate surface area is 166 Å². The predicted octanol–water partition coefficient (Wildman–Crippen LogP) is 5.63. The fourth-order valence-electron chi connectivity index (χ4n) is 5.55. The third kappa shape index (κ3) is 3.84. The van der Waals surface area contributed by atoms with Crippen molar-refractivity contribution in [3.05, 3.63) is 60.7 Å². The molecule has 0 heterocycles. The third-order valence-electron chi connectivity index (χ3n) is 6.48. The van der Waals surface area contributed by atoms with E-state index in [1.165, 1.54) is 32.1 Å². The number of rotatable bonds is 7. The van der Waals surface area contributed by atoms with E-state index < -0.39 is 7.75 Å². The second-order valence-corrected chi connectivity index (χ2v) is 10.1. The molecule has 28 heavy (non-hydrogen) atoms. The van der Waals surface area contributed by atoms with Gasteiger partial charge in [0.2, 0.25) is 0 Å². The minimum absolute atomic E-state index is 0.00687. The van der Waals surface area contributed by atoms with Crippen LogP contribution in [0.4, 0.5) is 5.69 Å². The van der Waals surface area contributed by atoms with Crippen LogP contribution < -0.4 is 15.1 Å². The summed E-state index contributed by atoms with van der Waals surface area (Å²) in [6.07, 6.45) is 6.20. The number of hydrazine groups is 1. The standard InChI is InChI=1S/C22H27N2O3P/c25-28(26-21-9-5-2-6-10-21,24-23-20-7-3-1-4-8-20)27-22-18-12-16-11-17(14-18)15-19(22)13-16/h1-10,16-19,22-23H,11-15H2,(H,24,25). The Morgan fingerprint density at radius 1 is 0.786 bits per heavy atom. The zero-order valence-electron chi connectivity index (χ0n) is 15.9. The topological polar surface area (TPSA) is 59.6 Å². The molecule has 1 atom stereocenters. The molecule has 6 rings (SSSR count). The Balaban J connectivity index is 1.35. The van der Waals surface area contributed by atoms with E-state index in [0.717, 1.165) is 17.5 Å². The predicted molar refractivity (Wildman–Crippen MR) is 110 cm³/mol. The Morgan fingerprint density at radius 2 is 1.36 bits per heavy atom. The van der Waals surface area contributed by atoms with Crippen molar-refractivity contribution in [1.82, 2.24) is 5.20 Å². The van der Waals surface area contributed by atoms with E-state index in [-0.39, 0.29) is 6.10 Å². The van der Waals surface area contributed by atoms with Gasteiger partial charge < -0.3 is 9.95 Å². The van der Waals surface area contributed by atoms with Crippen molar-refractivity contribution in [3.8, 4) is 5.75 Å². The molecule has 0 radical (unpaired) electrons. The highest BCUT2D eigenvalue weighted by molar-refractivity contribution is 7.52. The Hall–Kier alpha value is -1.81. The molecule has 148 valence electrons. The number of benzene rings is 2. The molecule has 4 bridgehead atoms. The van der Waals surface area contributed by atoms with Gasteiger partial charge in [0.25, 0.3) is 0 Å². The molecule has 0 aliphatic heterocycles. The molecule has 2 N–H and O–H groups in total. The summed E-state index contributed by atoms with van der Waals surface area (Å²) in [6.45, 7) is 0. The molecule has 0 aromatic heterocycles. The molecule has 4 saturated carbocycles. The summed E-state index contributed by atoms with van der Waals surface area (Å²) in [7, 11) is -3.60. The highest BCUT2D eigenvalue weighted by Crippen LogP contribution is 2.58. The first-order valence-corrected chi connectivity index (χ1v) is 11.8. The van der Waals surface area contributed by atoms with Gasteiger partial charge in [0.1, 0.15) is 5.75 Å². The van der Waals surface area contributed by atoms with E-state index in [9.17, 15) is 4.57 Å². The summed E-state index contributed by atoms with van der Waals surface area (Å²) in [5, 5.41) is 2.88. The van der Waals surface area contributed by atoms with Gasteiger partial charge in [-0.2, -0.15) is 0 Å². The first kappa shape index (κ1) is 18.2. The van der Waals surface area contributed by atoms with E-state index in [1.807, 2.05) is 48.5 Å². The minimum atomic E-state index is -3.60. The molecular formula is C22H27N2O3P. The SMILES string of the molecule is O=P(NNc1ccccc1)(Oc1ccccc1)OC1C2CC3CC(C2)CC1C3. The maximum absolute atomic E-state index is 13.7. The van der Waals surface area contributed by atoms with Crippen LogP contribution in [0.5, 0.6) is 5.75 Å². The monoisotopic (exact) mass is 398 g/mol. The van der Waals surface area contributed by atoms with E-state index in [0.29, 0.717) is 17.6 Å². The Bertz CT molecular complexity index is 817. The largest absolute Gasteiger partial charge is 0.476 e. The van der Waals surface area contributed by atoms with Gasteiger partial charge in [-0.1, -0.05) is 36.4 Å². The van der Waals surface area contributed by atoms with Crippen molar-refractivity contribution in [1.29, 1.82) is 0 Å². The maximum atomic E-state index is 13.7. The number of hydrogen-bond acceptors (Lipinski definition) is 4. The third-order valence-corrected chi connectivity index (χ3v) is 7.84. The van der Waals surface area contributed by atoms with Crippen molar-refractivity contribution in [2.75, 3.05) is 5.43 Å². The lowest BCUT2D eigenvalue weighted by molar-refractivity contribution is -0.0823. The zero-order valence-corrected chi connectivity index (χ0v) is 16.8. The lowest BCUT2D eigenvalue weighted by atomic mass is 9.55. The van der Waals surface area contributed by atoms with Gasteiger partial charge in [-0.3, -0.25) is 4.52 Å². The van der Waals surface area contributed by atoms with Gasteiger partial charge in [0, 0.05) is 5.69 Å². The van der Waals surface area contributed by atoms with Gasteiger partial charge in [-0.25, -0.2) is 4.57 Å². The van der Waals surface area contributed by atoms with E-state index >= 15 is 0 Å². The second-order valence-electron chi connectivity index (χ2n) is 8.51. The molecule has 0 spiro atoms. The highest BCUT2D eigenvalue weighted by Gasteiger charge is 2.51. The normalized spacial score (nSPS) is 32.6. The van der Waals surface area contributed by atoms with Crippen molar-refractivity contribution in [2.45, 2.75) is 38.2 Å². The number of para-hydroxylation sites is 2. The molecule has 4 fully saturated rings. The maximum Gasteiger partial charge on any atom is 0.476 e. The van der Waals surface area contributed by atoms with Crippen LogP contribution in [-0.4, -0.2) is 6.10 Å². The van der Waals surface area contributed by atoms with Crippen molar-refractivity contribution in [2.24, 2.45) is 23.7 Å². The number of anilines is 1. The van der Waals surface area contributed by atoms with E-state index in [2.05, 4.69) is 10.6 Å². The molecule has 6 heteroatoms. The fraction of sp³-hybridized carbons (Fsp3) is 0.455. The van der Waals surface area contributed by atoms with Crippen LogP contribution in [0.3, 0.4) is 0 Å². The zero-order chi connectivity index (χ0) is 19.0. The smallest absolute Gasteiger partial charge is 0.412 e. The average molecular weight is 398 g/mol. The molecular weight excluding hydrogens is 371 g/mol. The van der Waals surface area contributed by atoms with Gasteiger partial charge in [0.05, 0.1) is 6.10 Å². The van der Waals surface area contributed by atoms with Crippen LogP contribution in [0.25, 0.3) is 0 Å². The number of hydrogen-bond donors (Lipinski definition) is 2. The summed E-state index contributed by atoms with van der Waals surface area (Å²) >= 11 is 0. The molecule has 1 unspecified atom stereocenters. The molecule has 4 aliphatic rings. The molecule has 2 aromatic rings. The van der Waals surface area contributed by atoms with Crippen LogP contribution in [0.1, 0.15) is 32.1 Å². The highest BCUT2D eigenvalue weighted by atomic mass is 31.2. The molecule has 0 amide bonds. The average Bonchev–Trinajstić information content (AvgIpc) is 2.70. The first-order chi connectivity index (χ1) is 13.7. The lowest BCUT2D eigenvalue weighted by Gasteiger charge is -2.54. The van der Waals surface area contributed by atoms with Crippen molar-refractivity contribution >= 4 is 13.4 Å². The lowest BCUT2D eigenvalue weighted by Crippen LogP contribution is -2.49. The minimum Gasteiger partial charge on any atom is -0.412 e. The fourth-order valence-corrected chi connectivity index (χ4v) is 7.02. The Kier molecular flexibility index (Phi) is 4.92. The van der Waals surface area contributed by atoms with Crippen molar-refractivity contribution < 1.29 is 13.6 Å². The van der Waals surface area contributed by atoms with Crippen molar-refractivity contribution in [3.63, 3.8) is 0 Å². The van der Waals surface area contributed by atoms with Gasteiger partial charge in [-0.15, -0.1) is 5.20 Å². The Morgan fingerprint density at radius 3 is 1.96 bits per heavy atom.